The van der Waals surface area contributed by atoms with Crippen molar-refractivity contribution in [1.82, 2.24) is 29.5 Å². The normalized spacial score (nSPS) is 20.4. The van der Waals surface area contributed by atoms with Crippen molar-refractivity contribution in [2.45, 2.75) is 44.4 Å². The monoisotopic (exact) mass is 512 g/mol. The van der Waals surface area contributed by atoms with Crippen molar-refractivity contribution < 1.29 is 26.8 Å². The van der Waals surface area contributed by atoms with E-state index in [1.165, 1.54) is 41.3 Å². The second kappa shape index (κ2) is 7.97. The molecule has 0 spiro atoms. The molecule has 0 unspecified atom stereocenters. The van der Waals surface area contributed by atoms with Gasteiger partial charge in [-0.05, 0) is 38.5 Å². The van der Waals surface area contributed by atoms with Crippen molar-refractivity contribution in [3.63, 3.8) is 0 Å². The number of halogens is 3. The average molecular weight is 513 g/mol. The number of rotatable bonds is 4. The summed E-state index contributed by atoms with van der Waals surface area (Å²) in [5.41, 5.74) is 6.46. The number of hydrogen-bond acceptors (Lipinski definition) is 7. The van der Waals surface area contributed by atoms with E-state index in [0.29, 0.717) is 11.1 Å². The SMILES string of the molecule is [2H]C([2H])([2H])N1C(=O)c2cccc(OC(F)F)c2[C@H]2C[C@@H]1c1nn3cnc(-c4cnc(C(C)(C)N)nc4F)cc3c12. The van der Waals surface area contributed by atoms with Gasteiger partial charge < -0.3 is 15.4 Å². The van der Waals surface area contributed by atoms with Gasteiger partial charge in [0.2, 0.25) is 5.95 Å². The Bertz CT molecular complexity index is 1690. The van der Waals surface area contributed by atoms with E-state index in [1.54, 1.807) is 13.8 Å². The van der Waals surface area contributed by atoms with Crippen LogP contribution < -0.4 is 10.5 Å². The number of benzene rings is 1. The fourth-order valence-corrected chi connectivity index (χ4v) is 5.09. The van der Waals surface area contributed by atoms with Crippen LogP contribution in [-0.4, -0.2) is 49.0 Å². The van der Waals surface area contributed by atoms with Crippen LogP contribution in [0.25, 0.3) is 16.8 Å². The van der Waals surface area contributed by atoms with Gasteiger partial charge in [0.25, 0.3) is 5.91 Å². The first-order valence-corrected chi connectivity index (χ1v) is 11.4. The number of nitrogens with two attached hydrogens (primary N) is 1. The number of ether oxygens (including phenoxy) is 1. The van der Waals surface area contributed by atoms with E-state index >= 15 is 4.39 Å². The minimum Gasteiger partial charge on any atom is -0.434 e. The van der Waals surface area contributed by atoms with Gasteiger partial charge in [0.15, 0.2) is 5.82 Å². The molecule has 0 fully saturated rings. The highest BCUT2D eigenvalue weighted by molar-refractivity contribution is 5.98. The summed E-state index contributed by atoms with van der Waals surface area (Å²) in [4.78, 5) is 26.6. The number of nitrogens with zero attached hydrogens (tertiary/aromatic N) is 6. The fraction of sp³-hybridized carbons (Fsp3) is 0.320. The van der Waals surface area contributed by atoms with Gasteiger partial charge in [-0.2, -0.15) is 18.3 Å². The lowest BCUT2D eigenvalue weighted by Gasteiger charge is -2.23. The Balaban J connectivity index is 1.58. The summed E-state index contributed by atoms with van der Waals surface area (Å²) in [6, 6.07) is 4.61. The molecule has 4 aromatic rings. The predicted molar refractivity (Wildman–Crippen MR) is 126 cm³/mol. The smallest absolute Gasteiger partial charge is 0.387 e. The Morgan fingerprint density at radius 2 is 2.05 bits per heavy atom. The molecule has 1 amide bonds. The third-order valence-electron chi connectivity index (χ3n) is 6.70. The van der Waals surface area contributed by atoms with E-state index in [4.69, 9.17) is 14.6 Å². The number of alkyl halides is 2. The molecule has 190 valence electrons. The predicted octanol–water partition coefficient (Wildman–Crippen LogP) is 3.78. The maximum atomic E-state index is 15.1. The number of carbonyl (C=O) groups is 1. The molecule has 37 heavy (non-hydrogen) atoms. The summed E-state index contributed by atoms with van der Waals surface area (Å²) in [6.45, 7) is -2.75. The van der Waals surface area contributed by atoms with Crippen LogP contribution in [0.4, 0.5) is 13.2 Å². The molecular weight excluding hydrogens is 487 g/mol. The molecule has 2 aliphatic rings. The third-order valence-corrected chi connectivity index (χ3v) is 6.70. The van der Waals surface area contributed by atoms with Crippen molar-refractivity contribution in [1.29, 1.82) is 0 Å². The van der Waals surface area contributed by atoms with E-state index in [1.807, 2.05) is 0 Å². The Morgan fingerprint density at radius 1 is 1.24 bits per heavy atom. The van der Waals surface area contributed by atoms with E-state index < -0.39 is 42.9 Å². The third kappa shape index (κ3) is 3.54. The number of carbonyl (C=O) groups excluding carboxylic acids is 1. The van der Waals surface area contributed by atoms with Crippen LogP contribution >= 0.6 is 0 Å². The first-order chi connectivity index (χ1) is 18.8. The highest BCUT2D eigenvalue weighted by Crippen LogP contribution is 2.53. The molecule has 6 rings (SSSR count). The zero-order chi connectivity index (χ0) is 28.7. The second-order valence-electron chi connectivity index (χ2n) is 9.60. The first kappa shape index (κ1) is 20.0. The van der Waals surface area contributed by atoms with Gasteiger partial charge in [-0.1, -0.05) is 6.07 Å². The summed E-state index contributed by atoms with van der Waals surface area (Å²) in [7, 11) is 0. The standard InChI is InChI=1S/C25H22F3N7O2/c1-25(2,29)23-30-9-13(21(26)32-23)14-8-15-19-12-7-16(20(19)33-35(15)10-31-14)34(3)22(36)11-5-4-6-17(18(11)12)37-24(27)28/h4-6,8-10,12,16,24H,7,29H2,1-3H3/t12-,16-/m1/s1/i3D3. The van der Waals surface area contributed by atoms with E-state index in [9.17, 15) is 13.6 Å². The van der Waals surface area contributed by atoms with Crippen LogP contribution in [0.1, 0.15) is 69.3 Å². The summed E-state index contributed by atoms with van der Waals surface area (Å²) in [5.74, 6) is -2.55. The van der Waals surface area contributed by atoms with Crippen molar-refractivity contribution in [2.75, 3.05) is 6.98 Å². The number of fused-ring (bicyclic) bond motifs is 9. The van der Waals surface area contributed by atoms with Crippen LogP contribution in [0.2, 0.25) is 0 Å². The Morgan fingerprint density at radius 3 is 2.76 bits per heavy atom. The summed E-state index contributed by atoms with van der Waals surface area (Å²) >= 11 is 0. The van der Waals surface area contributed by atoms with Gasteiger partial charge in [-0.15, -0.1) is 0 Å². The fourth-order valence-electron chi connectivity index (χ4n) is 5.09. The van der Waals surface area contributed by atoms with Crippen LogP contribution in [0.5, 0.6) is 5.75 Å². The van der Waals surface area contributed by atoms with E-state index in [2.05, 4.69) is 20.1 Å². The summed E-state index contributed by atoms with van der Waals surface area (Å²) < 4.78 is 72.3. The van der Waals surface area contributed by atoms with Crippen molar-refractivity contribution in [3.05, 3.63) is 70.9 Å². The molecule has 1 aliphatic carbocycles. The van der Waals surface area contributed by atoms with Crippen LogP contribution in [-0.2, 0) is 5.54 Å². The quantitative estimate of drug-likeness (QED) is 0.414. The van der Waals surface area contributed by atoms with Crippen LogP contribution in [0, 0.1) is 5.95 Å². The maximum absolute atomic E-state index is 15.1. The number of hydrogen-bond donors (Lipinski definition) is 1. The van der Waals surface area contributed by atoms with Gasteiger partial charge >= 0.3 is 6.61 Å². The van der Waals surface area contributed by atoms with E-state index in [0.717, 1.165) is 4.90 Å². The molecule has 4 heterocycles. The molecule has 9 nitrogen and oxygen atoms in total. The minimum atomic E-state index is -3.18. The zero-order valence-electron chi connectivity index (χ0n) is 22.6. The lowest BCUT2D eigenvalue weighted by atomic mass is 9.88. The minimum absolute atomic E-state index is 0.00920. The average Bonchev–Trinajstić information content (AvgIpc) is 3.35. The van der Waals surface area contributed by atoms with Gasteiger partial charge in [0, 0.05) is 39.9 Å². The van der Waals surface area contributed by atoms with Crippen molar-refractivity contribution in [2.24, 2.45) is 5.73 Å². The Kier molecular flexibility index (Phi) is 4.32. The first-order valence-electron chi connectivity index (χ1n) is 12.9. The molecule has 1 aromatic carbocycles. The largest absolute Gasteiger partial charge is 0.434 e. The van der Waals surface area contributed by atoms with Crippen molar-refractivity contribution >= 4 is 11.4 Å². The molecule has 0 saturated heterocycles. The van der Waals surface area contributed by atoms with E-state index in [-0.39, 0.29) is 46.1 Å². The number of aromatic nitrogens is 5. The second-order valence-corrected chi connectivity index (χ2v) is 9.60. The molecule has 0 radical (unpaired) electrons. The van der Waals surface area contributed by atoms with Gasteiger partial charge in [0.05, 0.1) is 34.0 Å². The molecule has 0 saturated carbocycles. The zero-order valence-corrected chi connectivity index (χ0v) is 19.6. The summed E-state index contributed by atoms with van der Waals surface area (Å²) in [5, 5.41) is 4.52. The van der Waals surface area contributed by atoms with Gasteiger partial charge in [-0.25, -0.2) is 19.5 Å². The van der Waals surface area contributed by atoms with Crippen LogP contribution in [0.15, 0.2) is 36.8 Å². The highest BCUT2D eigenvalue weighted by Gasteiger charge is 2.46. The van der Waals surface area contributed by atoms with Gasteiger partial charge in [0.1, 0.15) is 12.1 Å². The van der Waals surface area contributed by atoms with Crippen LogP contribution in [0.3, 0.4) is 0 Å². The molecule has 2 N–H and O–H groups in total. The molecule has 3 aromatic heterocycles. The lowest BCUT2D eigenvalue weighted by Crippen LogP contribution is -2.31. The summed E-state index contributed by atoms with van der Waals surface area (Å²) in [6.07, 6.45) is 2.66. The molecular formula is C25H22F3N7O2. The molecule has 2 bridgehead atoms. The van der Waals surface area contributed by atoms with Crippen molar-refractivity contribution in [3.8, 4) is 17.0 Å². The lowest BCUT2D eigenvalue weighted by molar-refractivity contribution is -0.0505. The molecule has 1 aliphatic heterocycles. The maximum Gasteiger partial charge on any atom is 0.387 e. The molecule has 12 heteroatoms. The number of amides is 1. The Hall–Kier alpha value is -4.06. The molecule has 2 atom stereocenters. The van der Waals surface area contributed by atoms with Gasteiger partial charge in [-0.3, -0.25) is 4.79 Å². The Labute approximate surface area is 213 Å². The highest BCUT2D eigenvalue weighted by atomic mass is 19.3. The topological polar surface area (TPSA) is 112 Å².